The average Bonchev–Trinajstić information content (AvgIpc) is 2.35. The summed E-state index contributed by atoms with van der Waals surface area (Å²) in [5.74, 6) is 2.40. The summed E-state index contributed by atoms with van der Waals surface area (Å²) in [7, 11) is 3.03. The Morgan fingerprint density at radius 2 is 2.06 bits per heavy atom. The predicted molar refractivity (Wildman–Crippen MR) is 67.8 cm³/mol. The van der Waals surface area contributed by atoms with Crippen LogP contribution in [-0.4, -0.2) is 31.8 Å². The predicted octanol–water partition coefficient (Wildman–Crippen LogP) is 2.39. The third-order valence-electron chi connectivity index (χ3n) is 2.19. The van der Waals surface area contributed by atoms with E-state index in [1.54, 1.807) is 36.3 Å². The van der Waals surface area contributed by atoms with Crippen LogP contribution in [-0.2, 0) is 4.74 Å². The Bertz CT molecular complexity index is 425. The monoisotopic (exact) mass is 252 g/mol. The number of methoxy groups -OCH3 is 1. The van der Waals surface area contributed by atoms with Gasteiger partial charge in [0.15, 0.2) is 0 Å². The van der Waals surface area contributed by atoms with Crippen LogP contribution in [0.25, 0.3) is 0 Å². The number of terminal acetylenes is 1. The van der Waals surface area contributed by atoms with Crippen LogP contribution in [0, 0.1) is 12.3 Å². The fraction of sp³-hybridized carbons (Fsp3) is 0.250. The molecule has 0 atom stereocenters. The molecule has 1 amide bonds. The quantitative estimate of drug-likeness (QED) is 0.612. The molecular formula is C12H13ClN2O2. The van der Waals surface area contributed by atoms with E-state index in [1.165, 1.54) is 12.1 Å². The van der Waals surface area contributed by atoms with Gasteiger partial charge in [-0.3, -0.25) is 5.01 Å². The minimum absolute atomic E-state index is 0.131. The molecule has 0 aliphatic rings. The molecule has 0 fully saturated rings. The lowest BCUT2D eigenvalue weighted by Crippen LogP contribution is -2.44. The molecular weight excluding hydrogens is 240 g/mol. The van der Waals surface area contributed by atoms with Crippen molar-refractivity contribution in [3.05, 3.63) is 29.3 Å². The Morgan fingerprint density at radius 3 is 2.53 bits per heavy atom. The second kappa shape index (κ2) is 6.02. The normalized spacial score (nSPS) is 9.29. The number of halogens is 1. The molecule has 5 heteroatoms. The van der Waals surface area contributed by atoms with Crippen molar-refractivity contribution in [2.24, 2.45) is 0 Å². The third kappa shape index (κ3) is 3.30. The van der Waals surface area contributed by atoms with Gasteiger partial charge >= 0.3 is 6.09 Å². The number of hydrogen-bond acceptors (Lipinski definition) is 3. The van der Waals surface area contributed by atoms with Crippen LogP contribution in [0.1, 0.15) is 0 Å². The van der Waals surface area contributed by atoms with Crippen LogP contribution in [0.2, 0.25) is 5.02 Å². The standard InChI is InChI=1S/C12H13ClN2O2/c1-4-9-15(12(16)17-3)14(2)11-7-5-10(13)6-8-11/h1,5-8H,9H2,2-3H3. The topological polar surface area (TPSA) is 32.8 Å². The molecule has 0 aliphatic heterocycles. The van der Waals surface area contributed by atoms with Gasteiger partial charge in [-0.25, -0.2) is 9.80 Å². The summed E-state index contributed by atoms with van der Waals surface area (Å²) in [6, 6.07) is 7.04. The number of carbonyl (C=O) groups is 1. The number of carbonyl (C=O) groups excluding carboxylic acids is 1. The first-order valence-electron chi connectivity index (χ1n) is 4.88. The maximum Gasteiger partial charge on any atom is 0.429 e. The Balaban J connectivity index is 2.91. The highest BCUT2D eigenvalue weighted by molar-refractivity contribution is 6.30. The number of ether oxygens (including phenoxy) is 1. The molecule has 1 rings (SSSR count). The highest BCUT2D eigenvalue weighted by atomic mass is 35.5. The molecule has 0 saturated heterocycles. The lowest BCUT2D eigenvalue weighted by molar-refractivity contribution is 0.126. The second-order valence-electron chi connectivity index (χ2n) is 3.23. The van der Waals surface area contributed by atoms with Gasteiger partial charge in [0.2, 0.25) is 0 Å². The second-order valence-corrected chi connectivity index (χ2v) is 3.67. The number of amides is 1. The van der Waals surface area contributed by atoms with E-state index in [-0.39, 0.29) is 6.54 Å². The van der Waals surface area contributed by atoms with Gasteiger partial charge in [-0.05, 0) is 24.3 Å². The Kier molecular flexibility index (Phi) is 4.68. The maximum absolute atomic E-state index is 11.5. The van der Waals surface area contributed by atoms with E-state index in [0.717, 1.165) is 5.69 Å². The van der Waals surface area contributed by atoms with Gasteiger partial charge in [0.25, 0.3) is 0 Å². The first-order chi connectivity index (χ1) is 8.10. The molecule has 4 nitrogen and oxygen atoms in total. The van der Waals surface area contributed by atoms with Crippen molar-refractivity contribution in [3.63, 3.8) is 0 Å². The molecule has 0 radical (unpaired) electrons. The fourth-order valence-electron chi connectivity index (χ4n) is 1.28. The van der Waals surface area contributed by atoms with Crippen LogP contribution < -0.4 is 5.01 Å². The number of benzene rings is 1. The van der Waals surface area contributed by atoms with E-state index >= 15 is 0 Å². The van der Waals surface area contributed by atoms with Crippen molar-refractivity contribution in [2.75, 3.05) is 25.7 Å². The van der Waals surface area contributed by atoms with E-state index in [2.05, 4.69) is 10.7 Å². The lowest BCUT2D eigenvalue weighted by atomic mass is 10.3. The number of nitrogens with zero attached hydrogens (tertiary/aromatic N) is 2. The first-order valence-corrected chi connectivity index (χ1v) is 5.26. The van der Waals surface area contributed by atoms with Crippen molar-refractivity contribution in [1.82, 2.24) is 5.01 Å². The van der Waals surface area contributed by atoms with Crippen LogP contribution in [0.15, 0.2) is 24.3 Å². The Labute approximate surface area is 106 Å². The van der Waals surface area contributed by atoms with Crippen molar-refractivity contribution in [3.8, 4) is 12.3 Å². The van der Waals surface area contributed by atoms with Gasteiger partial charge < -0.3 is 4.74 Å². The largest absolute Gasteiger partial charge is 0.451 e. The van der Waals surface area contributed by atoms with Gasteiger partial charge in [-0.1, -0.05) is 17.5 Å². The van der Waals surface area contributed by atoms with Gasteiger partial charge in [0.05, 0.1) is 12.8 Å². The molecule has 17 heavy (non-hydrogen) atoms. The molecule has 1 aromatic rings. The summed E-state index contributed by atoms with van der Waals surface area (Å²) >= 11 is 5.79. The van der Waals surface area contributed by atoms with Crippen LogP contribution in [0.4, 0.5) is 10.5 Å². The minimum Gasteiger partial charge on any atom is -0.451 e. The molecule has 0 aliphatic carbocycles. The molecule has 0 aromatic heterocycles. The minimum atomic E-state index is -0.514. The number of hydrazine groups is 1. The van der Waals surface area contributed by atoms with Gasteiger partial charge in [0, 0.05) is 12.1 Å². The average molecular weight is 253 g/mol. The zero-order chi connectivity index (χ0) is 12.8. The van der Waals surface area contributed by atoms with Crippen molar-refractivity contribution >= 4 is 23.4 Å². The molecule has 0 spiro atoms. The van der Waals surface area contributed by atoms with Crippen LogP contribution in [0.5, 0.6) is 0 Å². The zero-order valence-electron chi connectivity index (χ0n) is 9.68. The van der Waals surface area contributed by atoms with Gasteiger partial charge in [0.1, 0.15) is 6.54 Å². The lowest BCUT2D eigenvalue weighted by Gasteiger charge is -2.30. The SMILES string of the molecule is C#CCN(C(=O)OC)N(C)c1ccc(Cl)cc1. The first kappa shape index (κ1) is 13.2. The Morgan fingerprint density at radius 1 is 1.47 bits per heavy atom. The molecule has 90 valence electrons. The van der Waals surface area contributed by atoms with E-state index in [0.29, 0.717) is 5.02 Å². The molecule has 0 heterocycles. The van der Waals surface area contributed by atoms with Crippen molar-refractivity contribution in [1.29, 1.82) is 0 Å². The molecule has 1 aromatic carbocycles. The van der Waals surface area contributed by atoms with E-state index in [4.69, 9.17) is 18.0 Å². The number of rotatable bonds is 3. The van der Waals surface area contributed by atoms with Crippen LogP contribution in [0.3, 0.4) is 0 Å². The van der Waals surface area contributed by atoms with Crippen molar-refractivity contribution < 1.29 is 9.53 Å². The van der Waals surface area contributed by atoms with Crippen LogP contribution >= 0.6 is 11.6 Å². The summed E-state index contributed by atoms with van der Waals surface area (Å²) < 4.78 is 4.65. The number of anilines is 1. The fourth-order valence-corrected chi connectivity index (χ4v) is 1.41. The summed E-state index contributed by atoms with van der Waals surface area (Å²) in [6.07, 6.45) is 4.70. The molecule has 0 unspecified atom stereocenters. The van der Waals surface area contributed by atoms with Gasteiger partial charge in [-0.2, -0.15) is 0 Å². The van der Waals surface area contributed by atoms with Crippen molar-refractivity contribution in [2.45, 2.75) is 0 Å². The smallest absolute Gasteiger partial charge is 0.429 e. The Hall–Kier alpha value is -1.86. The zero-order valence-corrected chi connectivity index (χ0v) is 10.4. The summed E-state index contributed by atoms with van der Waals surface area (Å²) in [4.78, 5) is 11.5. The molecule has 0 saturated carbocycles. The van der Waals surface area contributed by atoms with E-state index < -0.39 is 6.09 Å². The summed E-state index contributed by atoms with van der Waals surface area (Å²) in [5.41, 5.74) is 0.787. The third-order valence-corrected chi connectivity index (χ3v) is 2.44. The van der Waals surface area contributed by atoms with E-state index in [1.807, 2.05) is 0 Å². The summed E-state index contributed by atoms with van der Waals surface area (Å²) in [6.45, 7) is 0.131. The van der Waals surface area contributed by atoms with E-state index in [9.17, 15) is 4.79 Å². The highest BCUT2D eigenvalue weighted by Gasteiger charge is 2.18. The highest BCUT2D eigenvalue weighted by Crippen LogP contribution is 2.18. The number of hydrogen-bond donors (Lipinski definition) is 0. The summed E-state index contributed by atoms with van der Waals surface area (Å²) in [5, 5.41) is 3.55. The van der Waals surface area contributed by atoms with Gasteiger partial charge in [-0.15, -0.1) is 6.42 Å². The molecule has 0 bridgehead atoms. The molecule has 0 N–H and O–H groups in total. The maximum atomic E-state index is 11.5.